The molecule has 0 spiro atoms. The van der Waals surface area contributed by atoms with Crippen LogP contribution in [0.4, 0.5) is 0 Å². The SMILES string of the molecule is CCCCCCCCP(CCCCCCCC)c1ccc[c-]1P(CCCCCCCC)CCCCCCCC.[Fe].[cH-]1[cH-][cH-][cH-][cH-]1. The minimum Gasteiger partial charge on any atom is -0.748 e. The van der Waals surface area contributed by atoms with E-state index in [1.807, 2.05) is 40.9 Å². The number of unbranched alkanes of at least 4 members (excludes halogenated alkanes) is 20. The largest absolute Gasteiger partial charge is 0.748 e. The first kappa shape index (κ1) is 45.1. The predicted molar refractivity (Wildman–Crippen MR) is 210 cm³/mol. The first-order valence-electron chi connectivity index (χ1n) is 19.7. The maximum atomic E-state index is 2.60. The van der Waals surface area contributed by atoms with Crippen molar-refractivity contribution in [1.82, 2.24) is 0 Å². The fourth-order valence-electron chi connectivity index (χ4n) is 6.29. The van der Waals surface area contributed by atoms with Crippen molar-refractivity contribution < 1.29 is 17.1 Å². The Hall–Kier alpha value is 0.0795. The molecule has 268 valence electrons. The van der Waals surface area contributed by atoms with Gasteiger partial charge >= 0.3 is 0 Å². The average Bonchev–Trinajstić information content (AvgIpc) is 3.78. The van der Waals surface area contributed by atoms with Crippen molar-refractivity contribution in [2.24, 2.45) is 0 Å². The van der Waals surface area contributed by atoms with E-state index in [9.17, 15) is 0 Å². The van der Waals surface area contributed by atoms with E-state index >= 15 is 0 Å². The summed E-state index contributed by atoms with van der Waals surface area (Å²) in [6.07, 6.45) is 40.6. The summed E-state index contributed by atoms with van der Waals surface area (Å²) >= 11 is 0. The van der Waals surface area contributed by atoms with Gasteiger partial charge in [-0.1, -0.05) is 156 Å². The van der Waals surface area contributed by atoms with Gasteiger partial charge < -0.3 is 30.3 Å². The molecule has 2 rings (SSSR count). The van der Waals surface area contributed by atoms with Gasteiger partial charge in [-0.25, -0.2) is 12.1 Å². The van der Waals surface area contributed by atoms with Crippen molar-refractivity contribution in [3.63, 3.8) is 0 Å². The van der Waals surface area contributed by atoms with Gasteiger partial charge in [0.05, 0.1) is 0 Å². The number of hydrogen-bond donors (Lipinski definition) is 0. The second-order valence-electron chi connectivity index (χ2n) is 13.3. The van der Waals surface area contributed by atoms with Crippen molar-refractivity contribution in [2.75, 3.05) is 24.6 Å². The van der Waals surface area contributed by atoms with Crippen molar-refractivity contribution in [1.29, 1.82) is 0 Å². The monoisotopic (exact) mass is 698 g/mol. The Morgan fingerprint density at radius 2 is 0.756 bits per heavy atom. The van der Waals surface area contributed by atoms with E-state index in [4.69, 9.17) is 0 Å². The van der Waals surface area contributed by atoms with E-state index in [1.54, 1.807) is 0 Å². The molecule has 0 amide bonds. The maximum Gasteiger partial charge on any atom is 0 e. The van der Waals surface area contributed by atoms with E-state index in [-0.39, 0.29) is 32.9 Å². The van der Waals surface area contributed by atoms with Crippen LogP contribution in [0.1, 0.15) is 182 Å². The molecule has 2 aromatic rings. The van der Waals surface area contributed by atoms with Crippen LogP contribution in [0.5, 0.6) is 0 Å². The maximum absolute atomic E-state index is 2.60. The third-order valence-corrected chi connectivity index (χ3v) is 14.9. The zero-order chi connectivity index (χ0) is 31.8. The summed E-state index contributed by atoms with van der Waals surface area (Å²) in [5.41, 5.74) is 0. The van der Waals surface area contributed by atoms with Gasteiger partial charge in [-0.3, -0.25) is 0 Å². The Morgan fingerprint density at radius 3 is 1.11 bits per heavy atom. The first-order valence-corrected chi connectivity index (χ1v) is 23.1. The molecule has 0 unspecified atom stereocenters. The van der Waals surface area contributed by atoms with Gasteiger partial charge in [0, 0.05) is 17.1 Å². The summed E-state index contributed by atoms with van der Waals surface area (Å²) in [4.78, 5) is 0. The van der Waals surface area contributed by atoms with E-state index < -0.39 is 0 Å². The van der Waals surface area contributed by atoms with Gasteiger partial charge in [-0.2, -0.15) is 6.07 Å². The van der Waals surface area contributed by atoms with E-state index in [2.05, 4.69) is 45.9 Å². The number of hydrogen-bond acceptors (Lipinski definition) is 0. The Kier molecular flexibility index (Phi) is 35.5. The minimum atomic E-state index is 0. The Balaban J connectivity index is 0.00000291. The molecule has 0 saturated heterocycles. The second-order valence-corrected chi connectivity index (χ2v) is 18.2. The molecule has 45 heavy (non-hydrogen) atoms. The van der Waals surface area contributed by atoms with Crippen LogP contribution in [0.3, 0.4) is 0 Å². The topological polar surface area (TPSA) is 0 Å². The fraction of sp³-hybridized carbons (Fsp3) is 0.762. The zero-order valence-corrected chi connectivity index (χ0v) is 33.6. The molecule has 0 aliphatic carbocycles. The molecule has 0 aliphatic rings. The predicted octanol–water partition coefficient (Wildman–Crippen LogP) is 14.5. The molecule has 2 aromatic carbocycles. The van der Waals surface area contributed by atoms with Gasteiger partial charge in [-0.05, 0) is 50.3 Å². The minimum absolute atomic E-state index is 0. The quantitative estimate of drug-likeness (QED) is 0.0330. The molecular formula is C42H76FeP2-6. The second kappa shape index (κ2) is 35.4. The Labute approximate surface area is 297 Å². The van der Waals surface area contributed by atoms with Crippen LogP contribution in [0.25, 0.3) is 0 Å². The molecule has 0 saturated carbocycles. The summed E-state index contributed by atoms with van der Waals surface area (Å²) in [6.45, 7) is 9.35. The third-order valence-electron chi connectivity index (χ3n) is 9.13. The van der Waals surface area contributed by atoms with Gasteiger partial charge in [-0.15, -0.1) is 26.5 Å². The number of rotatable bonds is 30. The van der Waals surface area contributed by atoms with Gasteiger partial charge in [0.2, 0.25) is 0 Å². The molecule has 0 bridgehead atoms. The molecule has 0 nitrogen and oxygen atoms in total. The molecule has 0 N–H and O–H groups in total. The van der Waals surface area contributed by atoms with E-state index in [1.165, 1.54) is 179 Å². The Morgan fingerprint density at radius 1 is 0.444 bits per heavy atom. The van der Waals surface area contributed by atoms with Crippen molar-refractivity contribution in [2.45, 2.75) is 182 Å². The van der Waals surface area contributed by atoms with Gasteiger partial charge in [0.15, 0.2) is 0 Å². The summed E-state index contributed by atoms with van der Waals surface area (Å²) < 4.78 is 0. The van der Waals surface area contributed by atoms with Crippen molar-refractivity contribution in [3.8, 4) is 0 Å². The van der Waals surface area contributed by atoms with Gasteiger partial charge in [0.1, 0.15) is 0 Å². The fourth-order valence-corrected chi connectivity index (χ4v) is 12.4. The van der Waals surface area contributed by atoms with Crippen LogP contribution in [-0.4, -0.2) is 24.6 Å². The van der Waals surface area contributed by atoms with Crippen LogP contribution >= 0.6 is 15.8 Å². The third kappa shape index (κ3) is 25.7. The average molecular weight is 699 g/mol. The van der Waals surface area contributed by atoms with Crippen LogP contribution in [-0.2, 0) is 17.1 Å². The first-order chi connectivity index (χ1) is 21.8. The molecule has 3 heteroatoms. The normalized spacial score (nSPS) is 11.2. The van der Waals surface area contributed by atoms with E-state index in [0.717, 1.165) is 0 Å². The smallest absolute Gasteiger partial charge is 0 e. The summed E-state index contributed by atoms with van der Waals surface area (Å²) in [5.74, 6) is 0. The van der Waals surface area contributed by atoms with Crippen LogP contribution < -0.4 is 10.6 Å². The summed E-state index contributed by atoms with van der Waals surface area (Å²) in [5, 5.41) is 3.74. The standard InChI is InChI=1S/C37H71P2.C5H5.Fe/c1-5-9-13-17-21-25-32-38(33-26-22-18-14-10-6-2)36-30-29-31-37(36)39(34-27-23-19-15-11-7-3)35-28-24-20-16-12-8-4;1-2-4-5-3-1;/h29-31H,5-28,32-35H2,1-4H3;1-5H;/q-1;-5;. The molecule has 0 aliphatic heterocycles. The molecule has 0 radical (unpaired) electrons. The molecule has 0 aromatic heterocycles. The molecular weight excluding hydrogens is 622 g/mol. The van der Waals surface area contributed by atoms with E-state index in [0.29, 0.717) is 0 Å². The van der Waals surface area contributed by atoms with Crippen LogP contribution in [0, 0.1) is 0 Å². The van der Waals surface area contributed by atoms with Gasteiger partial charge in [0.25, 0.3) is 0 Å². The van der Waals surface area contributed by atoms with Crippen molar-refractivity contribution in [3.05, 3.63) is 48.5 Å². The van der Waals surface area contributed by atoms with Crippen LogP contribution in [0.2, 0.25) is 0 Å². The summed E-state index contributed by atoms with van der Waals surface area (Å²) in [7, 11) is 0.0839. The molecule has 0 atom stereocenters. The van der Waals surface area contributed by atoms with Crippen molar-refractivity contribution >= 4 is 26.5 Å². The van der Waals surface area contributed by atoms with Crippen LogP contribution in [0.15, 0.2) is 48.5 Å². The molecule has 0 heterocycles. The zero-order valence-electron chi connectivity index (χ0n) is 30.7. The Bertz CT molecular complexity index is 683. The molecule has 0 fully saturated rings. The summed E-state index contributed by atoms with van der Waals surface area (Å²) in [6, 6.07) is 17.7.